The molecule has 0 amide bonds. The van der Waals surface area contributed by atoms with Gasteiger partial charge in [0.2, 0.25) is 0 Å². The molecule has 4 heteroatoms. The highest BCUT2D eigenvalue weighted by molar-refractivity contribution is 6.31. The molecule has 1 aromatic rings. The molecule has 1 saturated heterocycles. The molecule has 1 heterocycles. The van der Waals surface area contributed by atoms with Crippen molar-refractivity contribution in [3.63, 3.8) is 0 Å². The van der Waals surface area contributed by atoms with Crippen LogP contribution in [0.15, 0.2) is 12.1 Å². The van der Waals surface area contributed by atoms with Crippen molar-refractivity contribution in [1.29, 1.82) is 0 Å². The van der Waals surface area contributed by atoms with Crippen molar-refractivity contribution in [3.8, 4) is 0 Å². The highest BCUT2D eigenvalue weighted by Crippen LogP contribution is 2.35. The molecule has 2 N–H and O–H groups in total. The third kappa shape index (κ3) is 2.46. The minimum absolute atomic E-state index is 0.131. The zero-order chi connectivity index (χ0) is 12.6. The van der Waals surface area contributed by atoms with E-state index in [0.717, 1.165) is 18.6 Å². The second-order valence-corrected chi connectivity index (χ2v) is 5.08. The Morgan fingerprint density at radius 2 is 2.24 bits per heavy atom. The van der Waals surface area contributed by atoms with Gasteiger partial charge in [-0.1, -0.05) is 17.7 Å². The van der Waals surface area contributed by atoms with Crippen molar-refractivity contribution in [2.75, 3.05) is 6.61 Å². The van der Waals surface area contributed by atoms with E-state index in [1.165, 1.54) is 6.07 Å². The maximum Gasteiger partial charge on any atom is 0.127 e. The lowest BCUT2D eigenvalue weighted by atomic mass is 9.88. The summed E-state index contributed by atoms with van der Waals surface area (Å²) in [6.07, 6.45) is 1.06. The molecule has 0 aliphatic carbocycles. The Labute approximate surface area is 106 Å². The van der Waals surface area contributed by atoms with Crippen molar-refractivity contribution in [1.82, 2.24) is 0 Å². The first kappa shape index (κ1) is 12.8. The van der Waals surface area contributed by atoms with Crippen LogP contribution in [0.2, 0.25) is 5.02 Å². The second kappa shape index (κ2) is 4.92. The topological polar surface area (TPSA) is 35.2 Å². The van der Waals surface area contributed by atoms with Gasteiger partial charge in [0, 0.05) is 23.6 Å². The predicted octanol–water partition coefficient (Wildman–Crippen LogP) is 3.21. The summed E-state index contributed by atoms with van der Waals surface area (Å²) in [7, 11) is 0. The van der Waals surface area contributed by atoms with Gasteiger partial charge in [0.1, 0.15) is 5.82 Å². The predicted molar refractivity (Wildman–Crippen MR) is 66.6 cm³/mol. The van der Waals surface area contributed by atoms with E-state index in [1.807, 2.05) is 6.92 Å². The maximum atomic E-state index is 13.3. The van der Waals surface area contributed by atoms with Gasteiger partial charge in [-0.15, -0.1) is 0 Å². The molecule has 3 atom stereocenters. The smallest absolute Gasteiger partial charge is 0.127 e. The van der Waals surface area contributed by atoms with Crippen LogP contribution in [0, 0.1) is 18.7 Å². The van der Waals surface area contributed by atoms with Gasteiger partial charge in [0.15, 0.2) is 0 Å². The fraction of sp³-hybridized carbons (Fsp3) is 0.538. The van der Waals surface area contributed by atoms with Crippen molar-refractivity contribution < 1.29 is 9.13 Å². The first-order valence-corrected chi connectivity index (χ1v) is 6.21. The fourth-order valence-electron chi connectivity index (χ4n) is 2.39. The molecule has 0 radical (unpaired) electrons. The Hall–Kier alpha value is -0.640. The van der Waals surface area contributed by atoms with Crippen LogP contribution >= 0.6 is 11.6 Å². The van der Waals surface area contributed by atoms with Crippen molar-refractivity contribution in [3.05, 3.63) is 34.1 Å². The van der Waals surface area contributed by atoms with E-state index >= 15 is 0 Å². The quantitative estimate of drug-likeness (QED) is 0.883. The van der Waals surface area contributed by atoms with Crippen LogP contribution in [-0.4, -0.2) is 12.7 Å². The largest absolute Gasteiger partial charge is 0.378 e. The molecule has 1 fully saturated rings. The summed E-state index contributed by atoms with van der Waals surface area (Å²) in [5.41, 5.74) is 7.61. The highest BCUT2D eigenvalue weighted by atomic mass is 35.5. The lowest BCUT2D eigenvalue weighted by Gasteiger charge is -2.23. The Morgan fingerprint density at radius 3 is 2.82 bits per heavy atom. The van der Waals surface area contributed by atoms with E-state index in [0.29, 0.717) is 10.6 Å². The van der Waals surface area contributed by atoms with Gasteiger partial charge in [-0.25, -0.2) is 4.39 Å². The summed E-state index contributed by atoms with van der Waals surface area (Å²) in [5, 5.41) is 0.403. The highest BCUT2D eigenvalue weighted by Gasteiger charge is 2.31. The number of hydrogen-bond donors (Lipinski definition) is 1. The van der Waals surface area contributed by atoms with E-state index < -0.39 is 0 Å². The molecule has 0 bridgehead atoms. The standard InChI is InChI=1S/C13H17ClFNO/c1-7-5-10(11(14)6-12(7)15)13(16)9-3-4-17-8(9)2/h5-6,8-9,13H,3-4,16H2,1-2H3. The van der Waals surface area contributed by atoms with Crippen LogP contribution in [0.1, 0.15) is 30.5 Å². The summed E-state index contributed by atoms with van der Waals surface area (Å²) in [4.78, 5) is 0. The zero-order valence-corrected chi connectivity index (χ0v) is 10.8. The average Bonchev–Trinajstić information content (AvgIpc) is 2.69. The van der Waals surface area contributed by atoms with E-state index in [1.54, 1.807) is 13.0 Å². The number of nitrogens with two attached hydrogens (primary N) is 1. The van der Waals surface area contributed by atoms with Gasteiger partial charge < -0.3 is 10.5 Å². The molecule has 17 heavy (non-hydrogen) atoms. The minimum atomic E-state index is -0.290. The van der Waals surface area contributed by atoms with Crippen molar-refractivity contribution in [2.45, 2.75) is 32.4 Å². The Morgan fingerprint density at radius 1 is 1.53 bits per heavy atom. The number of halogens is 2. The summed E-state index contributed by atoms with van der Waals surface area (Å²) >= 11 is 6.06. The number of ether oxygens (including phenoxy) is 1. The molecule has 3 unspecified atom stereocenters. The summed E-state index contributed by atoms with van der Waals surface area (Å²) in [5.74, 6) is -0.0426. The number of rotatable bonds is 2. The normalized spacial score (nSPS) is 26.2. The minimum Gasteiger partial charge on any atom is -0.378 e. The second-order valence-electron chi connectivity index (χ2n) is 4.68. The van der Waals surface area contributed by atoms with Crippen molar-refractivity contribution >= 4 is 11.6 Å². The van der Waals surface area contributed by atoms with Gasteiger partial charge >= 0.3 is 0 Å². The molecule has 1 aliphatic rings. The molecule has 94 valence electrons. The number of hydrogen-bond acceptors (Lipinski definition) is 2. The van der Waals surface area contributed by atoms with E-state index in [4.69, 9.17) is 22.1 Å². The molecule has 2 nitrogen and oxygen atoms in total. The molecule has 1 aromatic carbocycles. The summed E-state index contributed by atoms with van der Waals surface area (Å²) in [6, 6.07) is 2.89. The molecule has 0 aromatic heterocycles. The molecule has 0 saturated carbocycles. The van der Waals surface area contributed by atoms with Crippen molar-refractivity contribution in [2.24, 2.45) is 11.7 Å². The number of benzene rings is 1. The maximum absolute atomic E-state index is 13.3. The van der Waals surface area contributed by atoms with Crippen LogP contribution in [-0.2, 0) is 4.74 Å². The van der Waals surface area contributed by atoms with Crippen LogP contribution in [0.4, 0.5) is 4.39 Å². The molecule has 2 rings (SSSR count). The van der Waals surface area contributed by atoms with Crippen LogP contribution in [0.5, 0.6) is 0 Å². The van der Waals surface area contributed by atoms with E-state index in [-0.39, 0.29) is 23.9 Å². The first-order valence-electron chi connectivity index (χ1n) is 5.83. The molecular weight excluding hydrogens is 241 g/mol. The Balaban J connectivity index is 2.30. The summed E-state index contributed by atoms with van der Waals surface area (Å²) < 4.78 is 18.8. The van der Waals surface area contributed by atoms with Gasteiger partial charge in [-0.2, -0.15) is 0 Å². The summed E-state index contributed by atoms with van der Waals surface area (Å²) in [6.45, 7) is 4.47. The SMILES string of the molecule is Cc1cc(C(N)C2CCOC2C)c(Cl)cc1F. The monoisotopic (exact) mass is 257 g/mol. The Bertz CT molecular complexity index is 424. The first-order chi connectivity index (χ1) is 8.00. The van der Waals surface area contributed by atoms with Gasteiger partial charge in [0.05, 0.1) is 6.10 Å². The van der Waals surface area contributed by atoms with Gasteiger partial charge in [-0.3, -0.25) is 0 Å². The van der Waals surface area contributed by atoms with Crippen LogP contribution in [0.3, 0.4) is 0 Å². The zero-order valence-electron chi connectivity index (χ0n) is 10.0. The lowest BCUT2D eigenvalue weighted by Crippen LogP contribution is -2.27. The van der Waals surface area contributed by atoms with E-state index in [9.17, 15) is 4.39 Å². The molecular formula is C13H17ClFNO. The Kier molecular flexibility index (Phi) is 3.71. The third-order valence-corrected chi connectivity index (χ3v) is 3.86. The molecule has 1 aliphatic heterocycles. The fourth-order valence-corrected chi connectivity index (χ4v) is 2.66. The number of aryl methyl sites for hydroxylation is 1. The van der Waals surface area contributed by atoms with Gasteiger partial charge in [-0.05, 0) is 37.5 Å². The van der Waals surface area contributed by atoms with Gasteiger partial charge in [0.25, 0.3) is 0 Å². The van der Waals surface area contributed by atoms with Crippen LogP contribution in [0.25, 0.3) is 0 Å². The average molecular weight is 258 g/mol. The van der Waals surface area contributed by atoms with E-state index in [2.05, 4.69) is 0 Å². The lowest BCUT2D eigenvalue weighted by molar-refractivity contribution is 0.0995. The third-order valence-electron chi connectivity index (χ3n) is 3.53. The van der Waals surface area contributed by atoms with Crippen LogP contribution < -0.4 is 5.73 Å². The molecule has 0 spiro atoms.